The number of carboxylic acids is 2. The molecule has 13 heteroatoms. The van der Waals surface area contributed by atoms with Gasteiger partial charge in [-0.1, -0.05) is 13.8 Å². The van der Waals surface area contributed by atoms with Crippen LogP contribution < -0.4 is 22.1 Å². The zero-order valence-corrected chi connectivity index (χ0v) is 18.8. The number of carboxylic acid groups (broad SMARTS) is 2. The molecular weight excluding hydrogens is 438 g/mol. The summed E-state index contributed by atoms with van der Waals surface area (Å²) >= 11 is 0. The van der Waals surface area contributed by atoms with E-state index >= 15 is 0 Å². The van der Waals surface area contributed by atoms with E-state index in [1.165, 1.54) is 4.90 Å². The Bertz CT molecular complexity index is 772. The third-order valence-corrected chi connectivity index (χ3v) is 5.42. The number of nitrogens with two attached hydrogens (primary N) is 2. The summed E-state index contributed by atoms with van der Waals surface area (Å²) in [6.07, 6.45) is -0.447. The zero-order chi connectivity index (χ0) is 25.3. The van der Waals surface area contributed by atoms with E-state index in [-0.39, 0.29) is 25.2 Å². The third kappa shape index (κ3) is 8.67. The number of hydrogen-bond donors (Lipinski definition) is 6. The highest BCUT2D eigenvalue weighted by molar-refractivity contribution is 5.94. The molecule has 0 aromatic carbocycles. The van der Waals surface area contributed by atoms with E-state index in [9.17, 15) is 33.9 Å². The maximum Gasteiger partial charge on any atom is 0.326 e. The fourth-order valence-electron chi connectivity index (χ4n) is 3.40. The minimum Gasteiger partial charge on any atom is -0.481 e. The van der Waals surface area contributed by atoms with E-state index in [1.54, 1.807) is 13.8 Å². The van der Waals surface area contributed by atoms with Gasteiger partial charge in [0, 0.05) is 19.4 Å². The molecular formula is C20H33N5O8. The highest BCUT2D eigenvalue weighted by Crippen LogP contribution is 2.20. The summed E-state index contributed by atoms with van der Waals surface area (Å²) in [5.74, 6) is -5.51. The van der Waals surface area contributed by atoms with Crippen LogP contribution in [-0.4, -0.2) is 81.4 Å². The highest BCUT2D eigenvalue weighted by atomic mass is 16.4. The van der Waals surface area contributed by atoms with Crippen molar-refractivity contribution in [3.8, 4) is 0 Å². The Kier molecular flexibility index (Phi) is 10.7. The summed E-state index contributed by atoms with van der Waals surface area (Å²) in [4.78, 5) is 72.9. The number of nitrogens with zero attached hydrogens (tertiary/aromatic N) is 1. The lowest BCUT2D eigenvalue weighted by molar-refractivity contribution is -0.144. The van der Waals surface area contributed by atoms with Crippen LogP contribution in [0.25, 0.3) is 0 Å². The molecule has 0 aromatic rings. The molecule has 1 fully saturated rings. The van der Waals surface area contributed by atoms with Crippen molar-refractivity contribution in [1.82, 2.24) is 15.5 Å². The van der Waals surface area contributed by atoms with Gasteiger partial charge >= 0.3 is 11.9 Å². The van der Waals surface area contributed by atoms with Crippen LogP contribution in [0.15, 0.2) is 0 Å². The Hall–Kier alpha value is -3.22. The van der Waals surface area contributed by atoms with E-state index in [1.807, 2.05) is 0 Å². The summed E-state index contributed by atoms with van der Waals surface area (Å²) in [6.45, 7) is 3.87. The molecule has 0 aromatic heterocycles. The van der Waals surface area contributed by atoms with Gasteiger partial charge in [-0.25, -0.2) is 4.79 Å². The first-order valence-corrected chi connectivity index (χ1v) is 10.7. The number of amides is 4. The molecule has 0 bridgehead atoms. The molecule has 1 saturated heterocycles. The van der Waals surface area contributed by atoms with E-state index in [0.29, 0.717) is 19.4 Å². The molecule has 0 radical (unpaired) electrons. The quantitative estimate of drug-likeness (QED) is 0.177. The van der Waals surface area contributed by atoms with Gasteiger partial charge in [0.25, 0.3) is 0 Å². The first-order chi connectivity index (χ1) is 15.3. The molecule has 4 amide bonds. The van der Waals surface area contributed by atoms with Gasteiger partial charge in [0.1, 0.15) is 18.1 Å². The molecule has 8 N–H and O–H groups in total. The second kappa shape index (κ2) is 12.7. The van der Waals surface area contributed by atoms with Crippen molar-refractivity contribution in [3.63, 3.8) is 0 Å². The molecule has 1 rings (SSSR count). The molecule has 1 aliphatic rings. The van der Waals surface area contributed by atoms with Crippen molar-refractivity contribution in [2.45, 2.75) is 76.5 Å². The van der Waals surface area contributed by atoms with Gasteiger partial charge in [0.2, 0.25) is 23.6 Å². The van der Waals surface area contributed by atoms with Gasteiger partial charge in [-0.2, -0.15) is 0 Å². The Morgan fingerprint density at radius 1 is 1.00 bits per heavy atom. The number of nitrogens with one attached hydrogen (secondary N) is 2. The average molecular weight is 472 g/mol. The average Bonchev–Trinajstić information content (AvgIpc) is 3.21. The van der Waals surface area contributed by atoms with Gasteiger partial charge in [0.05, 0.1) is 6.04 Å². The smallest absolute Gasteiger partial charge is 0.326 e. The van der Waals surface area contributed by atoms with Gasteiger partial charge in [-0.3, -0.25) is 24.0 Å². The maximum atomic E-state index is 12.9. The largest absolute Gasteiger partial charge is 0.481 e. The lowest BCUT2D eigenvalue weighted by atomic mass is 10.0. The van der Waals surface area contributed by atoms with Crippen molar-refractivity contribution in [2.24, 2.45) is 17.4 Å². The van der Waals surface area contributed by atoms with Crippen LogP contribution in [0.4, 0.5) is 0 Å². The lowest BCUT2D eigenvalue weighted by Gasteiger charge is -2.29. The number of carbonyl (C=O) groups is 6. The Morgan fingerprint density at radius 3 is 2.12 bits per heavy atom. The normalized spacial score (nSPS) is 18.3. The van der Waals surface area contributed by atoms with Crippen molar-refractivity contribution in [1.29, 1.82) is 0 Å². The van der Waals surface area contributed by atoms with Crippen molar-refractivity contribution in [2.75, 3.05) is 6.54 Å². The zero-order valence-electron chi connectivity index (χ0n) is 18.8. The van der Waals surface area contributed by atoms with E-state index in [0.717, 1.165) is 0 Å². The van der Waals surface area contributed by atoms with Crippen molar-refractivity contribution in [3.05, 3.63) is 0 Å². The molecule has 0 saturated carbocycles. The van der Waals surface area contributed by atoms with E-state index in [4.69, 9.17) is 16.6 Å². The van der Waals surface area contributed by atoms with Crippen LogP contribution >= 0.6 is 0 Å². The summed E-state index contributed by atoms with van der Waals surface area (Å²) in [5, 5.41) is 22.9. The molecule has 1 heterocycles. The molecule has 33 heavy (non-hydrogen) atoms. The molecule has 0 aliphatic carbocycles. The summed E-state index contributed by atoms with van der Waals surface area (Å²) < 4.78 is 0. The first kappa shape index (κ1) is 27.8. The fraction of sp³-hybridized carbons (Fsp3) is 0.700. The summed E-state index contributed by atoms with van der Waals surface area (Å²) in [6, 6.07) is -4.50. The maximum absolute atomic E-state index is 12.9. The van der Waals surface area contributed by atoms with E-state index in [2.05, 4.69) is 10.6 Å². The van der Waals surface area contributed by atoms with Crippen LogP contribution in [0.5, 0.6) is 0 Å². The highest BCUT2D eigenvalue weighted by Gasteiger charge is 2.38. The minimum absolute atomic E-state index is 0.149. The Labute approximate surface area is 191 Å². The van der Waals surface area contributed by atoms with Crippen LogP contribution in [0.1, 0.15) is 52.4 Å². The first-order valence-electron chi connectivity index (χ1n) is 10.7. The molecule has 1 aliphatic heterocycles. The molecule has 186 valence electrons. The predicted octanol–water partition coefficient (Wildman–Crippen LogP) is -1.85. The number of carbonyl (C=O) groups excluding carboxylic acids is 4. The summed E-state index contributed by atoms with van der Waals surface area (Å²) in [5.41, 5.74) is 10.9. The van der Waals surface area contributed by atoms with Crippen molar-refractivity contribution >= 4 is 35.6 Å². The van der Waals surface area contributed by atoms with Gasteiger partial charge in [-0.15, -0.1) is 0 Å². The van der Waals surface area contributed by atoms with Gasteiger partial charge < -0.3 is 37.2 Å². The second-order valence-electron chi connectivity index (χ2n) is 8.36. The fourth-order valence-corrected chi connectivity index (χ4v) is 3.40. The number of hydrogen-bond acceptors (Lipinski definition) is 7. The second-order valence-corrected chi connectivity index (χ2v) is 8.36. The van der Waals surface area contributed by atoms with Crippen molar-refractivity contribution < 1.29 is 39.0 Å². The molecule has 13 nitrogen and oxygen atoms in total. The van der Waals surface area contributed by atoms with Crippen LogP contribution in [0, 0.1) is 5.92 Å². The monoisotopic (exact) mass is 471 g/mol. The number of primary amides is 1. The summed E-state index contributed by atoms with van der Waals surface area (Å²) in [7, 11) is 0. The topological polar surface area (TPSA) is 222 Å². The molecule has 4 atom stereocenters. The van der Waals surface area contributed by atoms with Gasteiger partial charge in [-0.05, 0) is 31.6 Å². The Morgan fingerprint density at radius 2 is 1.61 bits per heavy atom. The number of aliphatic carboxylic acids is 2. The number of rotatable bonds is 13. The molecule has 0 spiro atoms. The molecule has 4 unspecified atom stereocenters. The van der Waals surface area contributed by atoms with Crippen LogP contribution in [0.2, 0.25) is 0 Å². The minimum atomic E-state index is -1.46. The van der Waals surface area contributed by atoms with Crippen LogP contribution in [0.3, 0.4) is 0 Å². The lowest BCUT2D eigenvalue weighted by Crippen LogP contribution is -2.57. The predicted molar refractivity (Wildman–Crippen MR) is 114 cm³/mol. The number of likely N-dealkylation sites (tertiary alicyclic amines) is 1. The Balaban J connectivity index is 2.95. The van der Waals surface area contributed by atoms with Crippen LogP contribution in [-0.2, 0) is 28.8 Å². The third-order valence-electron chi connectivity index (χ3n) is 5.42. The van der Waals surface area contributed by atoms with E-state index < -0.39 is 66.2 Å². The standard InChI is InChI=1S/C20H33N5O8/c1-10(2)16(22)19(31)25-9-3-4-13(25)18(30)23-11(6-8-15(27)28)17(29)24-12(20(32)33)5-7-14(21)26/h10-13,16H,3-9,22H2,1-2H3,(H2,21,26)(H,23,30)(H,24,29)(H,27,28)(H,32,33). The SMILES string of the molecule is CC(C)C(N)C(=O)N1CCCC1C(=O)NC(CCC(=O)O)C(=O)NC(CCC(N)=O)C(=O)O. The van der Waals surface area contributed by atoms with Gasteiger partial charge in [0.15, 0.2) is 0 Å².